The first kappa shape index (κ1) is 13.8. The maximum atomic E-state index is 13.1. The number of hydrogen-bond acceptors (Lipinski definition) is 3. The molecule has 0 aromatic heterocycles. The molecule has 2 atom stereocenters. The Morgan fingerprint density at radius 3 is 2.82 bits per heavy atom. The van der Waals surface area contributed by atoms with Gasteiger partial charge in [-0.15, -0.1) is 0 Å². The lowest BCUT2D eigenvalue weighted by Gasteiger charge is -2.10. The van der Waals surface area contributed by atoms with Crippen molar-refractivity contribution in [2.45, 2.75) is 18.7 Å². The minimum Gasteiger partial charge on any atom is -0.311 e. The number of nitrogens with zero attached hydrogens (tertiary/aromatic N) is 1. The Balaban J connectivity index is 2.55. The van der Waals surface area contributed by atoms with Gasteiger partial charge in [-0.05, 0) is 30.7 Å². The van der Waals surface area contributed by atoms with Gasteiger partial charge < -0.3 is 5.32 Å². The van der Waals surface area contributed by atoms with Crippen molar-refractivity contribution in [2.24, 2.45) is 0 Å². The fourth-order valence-electron chi connectivity index (χ4n) is 1.35. The highest BCUT2D eigenvalue weighted by Gasteiger charge is 2.05. The number of nitrogens with one attached hydrogen (secondary N) is 1. The van der Waals surface area contributed by atoms with Crippen LogP contribution in [-0.2, 0) is 17.3 Å². The van der Waals surface area contributed by atoms with Crippen molar-refractivity contribution in [3.05, 3.63) is 35.1 Å². The Morgan fingerprint density at radius 2 is 2.24 bits per heavy atom. The van der Waals surface area contributed by atoms with Crippen LogP contribution in [0.25, 0.3) is 0 Å². The second kappa shape index (κ2) is 6.48. The lowest BCUT2D eigenvalue weighted by atomic mass is 10.1. The van der Waals surface area contributed by atoms with Gasteiger partial charge in [-0.3, -0.25) is 4.21 Å². The van der Waals surface area contributed by atoms with E-state index in [1.165, 1.54) is 12.1 Å². The second-order valence-electron chi connectivity index (χ2n) is 3.90. The zero-order valence-electron chi connectivity index (χ0n) is 9.87. The summed E-state index contributed by atoms with van der Waals surface area (Å²) in [6.45, 7) is 2.95. The Hall–Kier alpha value is -1.25. The third-order valence-corrected chi connectivity index (χ3v) is 3.71. The molecular formula is C12H15FN2OS. The summed E-state index contributed by atoms with van der Waals surface area (Å²) in [5.74, 6) is -0.409. The average molecular weight is 254 g/mol. The van der Waals surface area contributed by atoms with Crippen LogP contribution in [0.3, 0.4) is 0 Å². The van der Waals surface area contributed by atoms with Gasteiger partial charge in [0.1, 0.15) is 5.82 Å². The third-order valence-electron chi connectivity index (χ3n) is 2.41. The zero-order chi connectivity index (χ0) is 12.8. The molecule has 1 N–H and O–H groups in total. The lowest BCUT2D eigenvalue weighted by molar-refractivity contribution is 0.617. The van der Waals surface area contributed by atoms with Crippen LogP contribution < -0.4 is 5.32 Å². The van der Waals surface area contributed by atoms with E-state index in [0.717, 1.165) is 5.56 Å². The van der Waals surface area contributed by atoms with Gasteiger partial charge in [-0.2, -0.15) is 5.26 Å². The SMILES string of the molecule is CC(CNCc1cc(F)cc(C#N)c1)S(C)=O. The van der Waals surface area contributed by atoms with Crippen LogP contribution in [0.1, 0.15) is 18.1 Å². The van der Waals surface area contributed by atoms with Crippen molar-refractivity contribution in [2.75, 3.05) is 12.8 Å². The molecule has 17 heavy (non-hydrogen) atoms. The summed E-state index contributed by atoms with van der Waals surface area (Å²) in [7, 11) is -0.868. The lowest BCUT2D eigenvalue weighted by Crippen LogP contribution is -2.27. The quantitative estimate of drug-likeness (QED) is 0.867. The minimum atomic E-state index is -0.868. The van der Waals surface area contributed by atoms with Gasteiger partial charge in [0, 0.05) is 35.4 Å². The molecule has 1 aromatic carbocycles. The van der Waals surface area contributed by atoms with Gasteiger partial charge in [0.25, 0.3) is 0 Å². The molecule has 0 heterocycles. The predicted octanol–water partition coefficient (Wildman–Crippen LogP) is 1.55. The molecule has 1 rings (SSSR count). The monoisotopic (exact) mass is 254 g/mol. The number of rotatable bonds is 5. The van der Waals surface area contributed by atoms with E-state index >= 15 is 0 Å². The first-order chi connectivity index (χ1) is 8.02. The smallest absolute Gasteiger partial charge is 0.124 e. The molecule has 0 bridgehead atoms. The molecule has 0 aliphatic carbocycles. The van der Waals surface area contributed by atoms with E-state index in [9.17, 15) is 8.60 Å². The van der Waals surface area contributed by atoms with Crippen LogP contribution in [0.5, 0.6) is 0 Å². The Bertz CT molecular complexity index is 456. The molecule has 0 aliphatic rings. The van der Waals surface area contributed by atoms with E-state index < -0.39 is 16.6 Å². The van der Waals surface area contributed by atoms with Crippen molar-refractivity contribution in [3.63, 3.8) is 0 Å². The Kier molecular flexibility index (Phi) is 5.26. The molecular weight excluding hydrogens is 239 g/mol. The molecule has 0 saturated heterocycles. The first-order valence-corrected chi connectivity index (χ1v) is 6.87. The predicted molar refractivity (Wildman–Crippen MR) is 66.4 cm³/mol. The summed E-state index contributed by atoms with van der Waals surface area (Å²) in [6.07, 6.45) is 1.66. The molecule has 92 valence electrons. The fourth-order valence-corrected chi connectivity index (χ4v) is 1.71. The van der Waals surface area contributed by atoms with Crippen molar-refractivity contribution in [1.82, 2.24) is 5.32 Å². The molecule has 3 nitrogen and oxygen atoms in total. The van der Waals surface area contributed by atoms with E-state index in [4.69, 9.17) is 5.26 Å². The van der Waals surface area contributed by atoms with E-state index in [1.807, 2.05) is 13.0 Å². The molecule has 0 radical (unpaired) electrons. The third kappa shape index (κ3) is 4.63. The Morgan fingerprint density at radius 1 is 1.53 bits per heavy atom. The normalized spacial score (nSPS) is 14.0. The molecule has 0 spiro atoms. The highest BCUT2D eigenvalue weighted by Crippen LogP contribution is 2.08. The molecule has 1 aromatic rings. The molecule has 0 saturated carbocycles. The number of nitriles is 1. The maximum absolute atomic E-state index is 13.1. The molecule has 0 aliphatic heterocycles. The van der Waals surface area contributed by atoms with Crippen LogP contribution in [0.2, 0.25) is 0 Å². The van der Waals surface area contributed by atoms with Gasteiger partial charge in [-0.25, -0.2) is 4.39 Å². The van der Waals surface area contributed by atoms with Crippen LogP contribution in [0.4, 0.5) is 4.39 Å². The first-order valence-electron chi connectivity index (χ1n) is 5.25. The Labute approximate surface area is 103 Å². The van der Waals surface area contributed by atoms with Gasteiger partial charge in [0.05, 0.1) is 11.6 Å². The topological polar surface area (TPSA) is 52.9 Å². The molecule has 2 unspecified atom stereocenters. The minimum absolute atomic E-state index is 0.0546. The summed E-state index contributed by atoms with van der Waals surface area (Å²) in [4.78, 5) is 0. The standard InChI is InChI=1S/C12H15FN2OS/c1-9(17(2)16)7-15-8-11-3-10(6-14)4-12(13)5-11/h3-5,9,15H,7-8H2,1-2H3. The molecule has 0 amide bonds. The van der Waals surface area contributed by atoms with Gasteiger partial charge in [-0.1, -0.05) is 0 Å². The summed E-state index contributed by atoms with van der Waals surface area (Å²) < 4.78 is 24.2. The van der Waals surface area contributed by atoms with Crippen LogP contribution >= 0.6 is 0 Å². The van der Waals surface area contributed by atoms with Crippen molar-refractivity contribution in [3.8, 4) is 6.07 Å². The fraction of sp³-hybridized carbons (Fsp3) is 0.417. The van der Waals surface area contributed by atoms with E-state index in [1.54, 1.807) is 12.3 Å². The number of benzene rings is 1. The van der Waals surface area contributed by atoms with Crippen molar-refractivity contribution >= 4 is 10.8 Å². The van der Waals surface area contributed by atoms with Gasteiger partial charge in [0.15, 0.2) is 0 Å². The summed E-state index contributed by atoms with van der Waals surface area (Å²) >= 11 is 0. The number of halogens is 1. The number of hydrogen-bond donors (Lipinski definition) is 1. The van der Waals surface area contributed by atoms with Gasteiger partial charge >= 0.3 is 0 Å². The maximum Gasteiger partial charge on any atom is 0.124 e. The van der Waals surface area contributed by atoms with Crippen molar-refractivity contribution in [1.29, 1.82) is 5.26 Å². The zero-order valence-corrected chi connectivity index (χ0v) is 10.7. The highest BCUT2D eigenvalue weighted by atomic mass is 32.2. The van der Waals surface area contributed by atoms with E-state index in [2.05, 4.69) is 5.32 Å². The summed E-state index contributed by atoms with van der Waals surface area (Å²) in [5.41, 5.74) is 1.03. The summed E-state index contributed by atoms with van der Waals surface area (Å²) in [5, 5.41) is 11.8. The molecule has 0 fully saturated rings. The second-order valence-corrected chi connectivity index (χ2v) is 5.70. The van der Waals surface area contributed by atoms with Crippen molar-refractivity contribution < 1.29 is 8.60 Å². The van der Waals surface area contributed by atoms with Gasteiger partial charge in [0.2, 0.25) is 0 Å². The average Bonchev–Trinajstić information content (AvgIpc) is 2.27. The largest absolute Gasteiger partial charge is 0.311 e. The highest BCUT2D eigenvalue weighted by molar-refractivity contribution is 7.84. The van der Waals surface area contributed by atoms with E-state index in [0.29, 0.717) is 18.7 Å². The van der Waals surface area contributed by atoms with Crippen LogP contribution in [-0.4, -0.2) is 22.3 Å². The van der Waals surface area contributed by atoms with Crippen LogP contribution in [0, 0.1) is 17.1 Å². The van der Waals surface area contributed by atoms with E-state index in [-0.39, 0.29) is 5.25 Å². The summed E-state index contributed by atoms with van der Waals surface area (Å²) in [6, 6.07) is 6.14. The molecule has 5 heteroatoms. The van der Waals surface area contributed by atoms with Crippen LogP contribution in [0.15, 0.2) is 18.2 Å².